The molecule has 0 unspecified atom stereocenters. The highest BCUT2D eigenvalue weighted by Crippen LogP contribution is 2.20. The molecule has 0 spiro atoms. The van der Waals surface area contributed by atoms with Crippen molar-refractivity contribution in [1.29, 1.82) is 0 Å². The van der Waals surface area contributed by atoms with Crippen LogP contribution in [0.3, 0.4) is 0 Å². The van der Waals surface area contributed by atoms with Gasteiger partial charge in [-0.25, -0.2) is 13.8 Å². The monoisotopic (exact) mass is 401 g/mol. The Bertz CT molecular complexity index is 944. The van der Waals surface area contributed by atoms with Gasteiger partial charge in [-0.3, -0.25) is 9.52 Å². The minimum Gasteiger partial charge on any atom is -0.494 e. The molecule has 2 N–H and O–H groups in total. The summed E-state index contributed by atoms with van der Waals surface area (Å²) in [5.41, 5.74) is 4.33. The topological polar surface area (TPSA) is 96.9 Å². The van der Waals surface area contributed by atoms with Crippen molar-refractivity contribution in [3.05, 3.63) is 54.1 Å². The van der Waals surface area contributed by atoms with Gasteiger partial charge in [0.1, 0.15) is 5.75 Å². The molecule has 28 heavy (non-hydrogen) atoms. The second kappa shape index (κ2) is 8.88. The van der Waals surface area contributed by atoms with Crippen LogP contribution in [0, 0.1) is 0 Å². The number of hydrogen-bond donors (Lipinski definition) is 2. The van der Waals surface area contributed by atoms with Crippen LogP contribution < -0.4 is 14.9 Å². The maximum Gasteiger partial charge on any atom is 0.271 e. The summed E-state index contributed by atoms with van der Waals surface area (Å²) in [6.07, 6.45) is 4.06. The van der Waals surface area contributed by atoms with E-state index in [0.717, 1.165) is 31.4 Å². The molecule has 1 aliphatic rings. The van der Waals surface area contributed by atoms with Crippen molar-refractivity contribution in [1.82, 2.24) is 5.43 Å². The van der Waals surface area contributed by atoms with Crippen molar-refractivity contribution in [2.45, 2.75) is 37.5 Å². The first-order valence-electron chi connectivity index (χ1n) is 9.19. The smallest absolute Gasteiger partial charge is 0.271 e. The van der Waals surface area contributed by atoms with Crippen LogP contribution in [-0.2, 0) is 10.0 Å². The third-order valence-electron chi connectivity index (χ3n) is 4.34. The quantitative estimate of drug-likeness (QED) is 0.694. The molecule has 1 aliphatic carbocycles. The van der Waals surface area contributed by atoms with Crippen molar-refractivity contribution in [3.63, 3.8) is 0 Å². The average molecular weight is 401 g/mol. The van der Waals surface area contributed by atoms with Crippen molar-refractivity contribution >= 4 is 27.3 Å². The number of hydrogen-bond acceptors (Lipinski definition) is 5. The summed E-state index contributed by atoms with van der Waals surface area (Å²) in [6, 6.07) is 12.4. The van der Waals surface area contributed by atoms with Crippen LogP contribution in [-0.4, -0.2) is 26.6 Å². The number of nitrogens with one attached hydrogen (secondary N) is 2. The first kappa shape index (κ1) is 19.9. The second-order valence-corrected chi connectivity index (χ2v) is 8.10. The number of hydrazone groups is 1. The van der Waals surface area contributed by atoms with Gasteiger partial charge in [-0.2, -0.15) is 5.10 Å². The number of ether oxygens (including phenoxy) is 1. The van der Waals surface area contributed by atoms with E-state index in [1.165, 1.54) is 12.1 Å². The molecule has 7 nitrogen and oxygen atoms in total. The Kier molecular flexibility index (Phi) is 6.30. The third-order valence-corrected chi connectivity index (χ3v) is 5.74. The van der Waals surface area contributed by atoms with Crippen molar-refractivity contribution in [3.8, 4) is 5.75 Å². The second-order valence-electron chi connectivity index (χ2n) is 6.41. The molecular weight excluding hydrogens is 378 g/mol. The molecule has 8 heteroatoms. The van der Waals surface area contributed by atoms with Crippen molar-refractivity contribution in [2.24, 2.45) is 5.10 Å². The summed E-state index contributed by atoms with van der Waals surface area (Å²) in [6.45, 7) is 2.37. The Labute approximate surface area is 164 Å². The summed E-state index contributed by atoms with van der Waals surface area (Å²) in [7, 11) is -3.73. The van der Waals surface area contributed by atoms with Crippen LogP contribution in [0.25, 0.3) is 0 Å². The zero-order valence-electron chi connectivity index (χ0n) is 15.6. The maximum atomic E-state index is 12.5. The molecule has 3 rings (SSSR count). The number of anilines is 1. The molecule has 1 saturated carbocycles. The van der Waals surface area contributed by atoms with E-state index in [2.05, 4.69) is 15.2 Å². The van der Waals surface area contributed by atoms with Gasteiger partial charge in [0, 0.05) is 17.0 Å². The molecule has 1 fully saturated rings. The van der Waals surface area contributed by atoms with Crippen LogP contribution >= 0.6 is 0 Å². The predicted molar refractivity (Wildman–Crippen MR) is 108 cm³/mol. The van der Waals surface area contributed by atoms with Gasteiger partial charge < -0.3 is 4.74 Å². The Hall–Kier alpha value is -2.87. The van der Waals surface area contributed by atoms with Gasteiger partial charge in [-0.15, -0.1) is 0 Å². The minimum atomic E-state index is -3.73. The summed E-state index contributed by atoms with van der Waals surface area (Å²) < 4.78 is 32.8. The summed E-state index contributed by atoms with van der Waals surface area (Å²) in [5, 5.41) is 4.14. The van der Waals surface area contributed by atoms with E-state index in [-0.39, 0.29) is 10.8 Å². The lowest BCUT2D eigenvalue weighted by atomic mass is 10.2. The predicted octanol–water partition coefficient (Wildman–Crippen LogP) is 3.55. The van der Waals surface area contributed by atoms with E-state index in [9.17, 15) is 13.2 Å². The molecular formula is C20H23N3O4S. The summed E-state index contributed by atoms with van der Waals surface area (Å²) in [5.74, 6) is 0.290. The van der Waals surface area contributed by atoms with Crippen molar-refractivity contribution in [2.75, 3.05) is 11.3 Å². The average Bonchev–Trinajstić information content (AvgIpc) is 3.21. The number of amides is 1. The summed E-state index contributed by atoms with van der Waals surface area (Å²) in [4.78, 5) is 12.3. The number of sulfonamides is 1. The van der Waals surface area contributed by atoms with Gasteiger partial charge in [0.15, 0.2) is 0 Å². The normalized spacial score (nSPS) is 13.8. The van der Waals surface area contributed by atoms with Gasteiger partial charge >= 0.3 is 0 Å². The molecule has 0 aliphatic heterocycles. The maximum absolute atomic E-state index is 12.5. The van der Waals surface area contributed by atoms with E-state index >= 15 is 0 Å². The first-order valence-corrected chi connectivity index (χ1v) is 10.7. The van der Waals surface area contributed by atoms with Crippen LogP contribution in [0.4, 0.5) is 5.69 Å². The van der Waals surface area contributed by atoms with Crippen LogP contribution in [0.15, 0.2) is 58.5 Å². The molecule has 0 atom stereocenters. The van der Waals surface area contributed by atoms with Gasteiger partial charge in [0.25, 0.3) is 15.9 Å². The number of nitrogens with zero attached hydrogens (tertiary/aromatic N) is 1. The van der Waals surface area contributed by atoms with Crippen LogP contribution in [0.1, 0.15) is 43.0 Å². The molecule has 0 aromatic heterocycles. The zero-order valence-corrected chi connectivity index (χ0v) is 16.5. The van der Waals surface area contributed by atoms with E-state index in [1.54, 1.807) is 36.4 Å². The lowest BCUT2D eigenvalue weighted by Gasteiger charge is -2.10. The molecule has 2 aromatic rings. The fourth-order valence-electron chi connectivity index (χ4n) is 2.87. The third kappa shape index (κ3) is 5.10. The summed E-state index contributed by atoms with van der Waals surface area (Å²) >= 11 is 0. The molecule has 2 aromatic carbocycles. The highest BCUT2D eigenvalue weighted by atomic mass is 32.2. The number of rotatable bonds is 7. The fraction of sp³-hybridized carbons (Fsp3) is 0.300. The van der Waals surface area contributed by atoms with E-state index < -0.39 is 10.0 Å². The molecule has 148 valence electrons. The molecule has 0 heterocycles. The molecule has 0 saturated heterocycles. The highest BCUT2D eigenvalue weighted by molar-refractivity contribution is 7.92. The van der Waals surface area contributed by atoms with E-state index in [4.69, 9.17) is 4.74 Å². The zero-order chi connectivity index (χ0) is 20.0. The molecule has 0 bridgehead atoms. The fourth-order valence-corrected chi connectivity index (χ4v) is 3.93. The standard InChI is InChI=1S/C20H23N3O4S/c1-2-27-18-11-13-19(14-12-18)28(25,26)23-17-9-7-15(8-10-17)20(24)22-21-16-5-3-4-6-16/h7-14,23H,2-6H2,1H3,(H,22,24). The Balaban J connectivity index is 1.64. The number of carbonyl (C=O) groups excluding carboxylic acids is 1. The van der Waals surface area contributed by atoms with Crippen LogP contribution in [0.2, 0.25) is 0 Å². The first-order chi connectivity index (χ1) is 13.5. The van der Waals surface area contributed by atoms with Gasteiger partial charge in [0.05, 0.1) is 11.5 Å². The highest BCUT2D eigenvalue weighted by Gasteiger charge is 2.15. The largest absolute Gasteiger partial charge is 0.494 e. The number of benzene rings is 2. The lowest BCUT2D eigenvalue weighted by Crippen LogP contribution is -2.19. The Morgan fingerprint density at radius 3 is 2.29 bits per heavy atom. The number of carbonyl (C=O) groups is 1. The molecule has 1 amide bonds. The minimum absolute atomic E-state index is 0.130. The van der Waals surface area contributed by atoms with Gasteiger partial charge in [-0.1, -0.05) is 0 Å². The van der Waals surface area contributed by atoms with Crippen molar-refractivity contribution < 1.29 is 17.9 Å². The lowest BCUT2D eigenvalue weighted by molar-refractivity contribution is 0.0954. The van der Waals surface area contributed by atoms with Gasteiger partial charge in [-0.05, 0) is 81.1 Å². The van der Waals surface area contributed by atoms with E-state index in [1.807, 2.05) is 6.92 Å². The van der Waals surface area contributed by atoms with E-state index in [0.29, 0.717) is 23.6 Å². The van der Waals surface area contributed by atoms with Gasteiger partial charge in [0.2, 0.25) is 0 Å². The van der Waals surface area contributed by atoms with Crippen LogP contribution in [0.5, 0.6) is 5.75 Å². The Morgan fingerprint density at radius 1 is 1.04 bits per heavy atom. The Morgan fingerprint density at radius 2 is 1.68 bits per heavy atom. The SMILES string of the molecule is CCOc1ccc(S(=O)(=O)Nc2ccc(C(=O)NN=C3CCCC3)cc2)cc1. The molecule has 0 radical (unpaired) electrons.